The van der Waals surface area contributed by atoms with Crippen LogP contribution in [0, 0.1) is 0 Å². The average molecular weight is 423 g/mol. The Morgan fingerprint density at radius 1 is 0.967 bits per heavy atom. The maximum absolute atomic E-state index is 11.0. The van der Waals surface area contributed by atoms with Gasteiger partial charge in [0.1, 0.15) is 18.0 Å². The number of benzene rings is 3. The number of rotatable bonds is 8. The Balaban J connectivity index is 1.60. The number of nitrogen functional groups attached to an aromatic ring is 1. The van der Waals surface area contributed by atoms with Gasteiger partial charge >= 0.3 is 6.09 Å². The summed E-state index contributed by atoms with van der Waals surface area (Å²) in [5, 5.41) is 0. The van der Waals surface area contributed by atoms with E-state index >= 15 is 0 Å². The summed E-state index contributed by atoms with van der Waals surface area (Å²) in [6.07, 6.45) is -0.185. The standard InChI is InChI=1S/C24H26N2O3S/c1-24(2,29-23(26)27)15-17-8-11-20(12-9-17)30-22-13-10-19(14-21(22)25)28-16-18-6-4-3-5-7-18/h3-14H,15-16,25H2,1-2H3,(H2,26,27). The molecule has 6 heteroatoms. The van der Waals surface area contributed by atoms with Crippen molar-refractivity contribution in [3.8, 4) is 5.75 Å². The van der Waals surface area contributed by atoms with Crippen molar-refractivity contribution in [1.82, 2.24) is 0 Å². The van der Waals surface area contributed by atoms with E-state index in [0.29, 0.717) is 18.7 Å². The summed E-state index contributed by atoms with van der Waals surface area (Å²) in [4.78, 5) is 13.0. The number of amides is 1. The van der Waals surface area contributed by atoms with E-state index in [2.05, 4.69) is 0 Å². The number of primary amides is 1. The molecule has 0 aliphatic rings. The van der Waals surface area contributed by atoms with Gasteiger partial charge in [-0.05, 0) is 49.2 Å². The fourth-order valence-corrected chi connectivity index (χ4v) is 3.89. The Morgan fingerprint density at radius 2 is 1.67 bits per heavy atom. The highest BCUT2D eigenvalue weighted by molar-refractivity contribution is 7.99. The highest BCUT2D eigenvalue weighted by Gasteiger charge is 2.22. The van der Waals surface area contributed by atoms with E-state index in [4.69, 9.17) is 20.9 Å². The van der Waals surface area contributed by atoms with Crippen molar-refractivity contribution in [2.75, 3.05) is 5.73 Å². The smallest absolute Gasteiger partial charge is 0.405 e. The van der Waals surface area contributed by atoms with Gasteiger partial charge in [-0.15, -0.1) is 0 Å². The van der Waals surface area contributed by atoms with E-state index in [0.717, 1.165) is 26.7 Å². The molecule has 0 saturated carbocycles. The zero-order chi connectivity index (χ0) is 21.6. The molecule has 0 saturated heterocycles. The Hall–Kier alpha value is -3.12. The third kappa shape index (κ3) is 6.46. The molecule has 156 valence electrons. The van der Waals surface area contributed by atoms with Crippen LogP contribution in [0.3, 0.4) is 0 Å². The van der Waals surface area contributed by atoms with Crippen LogP contribution >= 0.6 is 11.8 Å². The minimum atomic E-state index is -0.765. The molecule has 3 rings (SSSR count). The van der Waals surface area contributed by atoms with Crippen LogP contribution in [-0.4, -0.2) is 11.7 Å². The minimum Gasteiger partial charge on any atom is -0.489 e. The van der Waals surface area contributed by atoms with Crippen molar-refractivity contribution in [2.45, 2.75) is 42.3 Å². The molecule has 0 radical (unpaired) electrons. The summed E-state index contributed by atoms with van der Waals surface area (Å²) in [6.45, 7) is 4.18. The normalized spacial score (nSPS) is 11.1. The van der Waals surface area contributed by atoms with Crippen LogP contribution in [0.15, 0.2) is 82.6 Å². The molecule has 3 aromatic rings. The SMILES string of the molecule is CC(C)(Cc1ccc(Sc2ccc(OCc3ccccc3)cc2N)cc1)OC(N)=O. The fourth-order valence-electron chi connectivity index (χ4n) is 3.05. The van der Waals surface area contributed by atoms with Gasteiger partial charge in [-0.1, -0.05) is 54.2 Å². The lowest BCUT2D eigenvalue weighted by Crippen LogP contribution is -2.33. The first kappa shape index (κ1) is 21.6. The van der Waals surface area contributed by atoms with E-state index in [9.17, 15) is 4.79 Å². The minimum absolute atomic E-state index is 0.504. The van der Waals surface area contributed by atoms with E-state index in [-0.39, 0.29) is 0 Å². The highest BCUT2D eigenvalue weighted by atomic mass is 32.2. The molecular weight excluding hydrogens is 396 g/mol. The average Bonchev–Trinajstić information content (AvgIpc) is 2.69. The Morgan fingerprint density at radius 3 is 2.30 bits per heavy atom. The second-order valence-electron chi connectivity index (χ2n) is 7.58. The molecule has 1 amide bonds. The summed E-state index contributed by atoms with van der Waals surface area (Å²) in [6, 6.07) is 23.9. The van der Waals surface area contributed by atoms with Crippen molar-refractivity contribution < 1.29 is 14.3 Å². The molecule has 0 bridgehead atoms. The van der Waals surface area contributed by atoms with Crippen molar-refractivity contribution in [1.29, 1.82) is 0 Å². The number of ether oxygens (including phenoxy) is 2. The summed E-state index contributed by atoms with van der Waals surface area (Å²) in [5.41, 5.74) is 13.6. The van der Waals surface area contributed by atoms with Crippen LogP contribution in [0.5, 0.6) is 5.75 Å². The van der Waals surface area contributed by atoms with E-state index < -0.39 is 11.7 Å². The topological polar surface area (TPSA) is 87.6 Å². The van der Waals surface area contributed by atoms with Gasteiger partial charge in [0.05, 0.1) is 0 Å². The number of hydrogen-bond donors (Lipinski definition) is 2. The molecule has 0 heterocycles. The molecule has 3 aromatic carbocycles. The zero-order valence-corrected chi connectivity index (χ0v) is 17.9. The number of hydrogen-bond acceptors (Lipinski definition) is 5. The Labute approximate surface area is 181 Å². The Bertz CT molecular complexity index is 989. The van der Waals surface area contributed by atoms with E-state index in [1.807, 2.05) is 86.6 Å². The van der Waals surface area contributed by atoms with Gasteiger partial charge in [0.2, 0.25) is 0 Å². The van der Waals surface area contributed by atoms with Gasteiger partial charge in [-0.3, -0.25) is 0 Å². The van der Waals surface area contributed by atoms with Gasteiger partial charge in [-0.25, -0.2) is 4.79 Å². The van der Waals surface area contributed by atoms with Crippen LogP contribution in [-0.2, 0) is 17.8 Å². The predicted molar refractivity (Wildman–Crippen MR) is 121 cm³/mol. The molecule has 0 spiro atoms. The first-order valence-electron chi connectivity index (χ1n) is 9.62. The first-order chi connectivity index (χ1) is 14.3. The van der Waals surface area contributed by atoms with Gasteiger partial charge < -0.3 is 20.9 Å². The largest absolute Gasteiger partial charge is 0.489 e. The number of carbonyl (C=O) groups is 1. The summed E-state index contributed by atoms with van der Waals surface area (Å²) in [5.74, 6) is 0.743. The monoisotopic (exact) mass is 422 g/mol. The quantitative estimate of drug-likeness (QED) is 0.474. The number of anilines is 1. The van der Waals surface area contributed by atoms with Crippen LogP contribution in [0.25, 0.3) is 0 Å². The molecule has 0 atom stereocenters. The molecule has 0 aliphatic carbocycles. The predicted octanol–water partition coefficient (Wildman–Crippen LogP) is 5.42. The van der Waals surface area contributed by atoms with E-state index in [1.54, 1.807) is 11.8 Å². The molecule has 5 nitrogen and oxygen atoms in total. The number of nitrogens with two attached hydrogens (primary N) is 2. The van der Waals surface area contributed by atoms with Crippen LogP contribution in [0.2, 0.25) is 0 Å². The summed E-state index contributed by atoms with van der Waals surface area (Å²) >= 11 is 1.59. The third-order valence-electron chi connectivity index (χ3n) is 4.39. The lowest BCUT2D eigenvalue weighted by atomic mass is 9.98. The first-order valence-corrected chi connectivity index (χ1v) is 10.4. The summed E-state index contributed by atoms with van der Waals surface area (Å²) in [7, 11) is 0. The lowest BCUT2D eigenvalue weighted by Gasteiger charge is -2.24. The third-order valence-corrected chi connectivity index (χ3v) is 5.49. The molecule has 0 aliphatic heterocycles. The maximum Gasteiger partial charge on any atom is 0.405 e. The molecule has 0 fully saturated rings. The van der Waals surface area contributed by atoms with Crippen molar-refractivity contribution in [2.24, 2.45) is 5.73 Å². The van der Waals surface area contributed by atoms with Gasteiger partial charge in [0.15, 0.2) is 0 Å². The van der Waals surface area contributed by atoms with Gasteiger partial charge in [0.25, 0.3) is 0 Å². The second kappa shape index (κ2) is 9.59. The van der Waals surface area contributed by atoms with Crippen molar-refractivity contribution in [3.05, 3.63) is 83.9 Å². The molecule has 0 unspecified atom stereocenters. The fraction of sp³-hybridized carbons (Fsp3) is 0.208. The van der Waals surface area contributed by atoms with Crippen molar-refractivity contribution in [3.63, 3.8) is 0 Å². The van der Waals surface area contributed by atoms with Gasteiger partial charge in [-0.2, -0.15) is 0 Å². The van der Waals surface area contributed by atoms with Crippen LogP contribution in [0.4, 0.5) is 10.5 Å². The summed E-state index contributed by atoms with van der Waals surface area (Å²) < 4.78 is 11.0. The van der Waals surface area contributed by atoms with E-state index in [1.165, 1.54) is 0 Å². The highest BCUT2D eigenvalue weighted by Crippen LogP contribution is 2.34. The number of carbonyl (C=O) groups excluding carboxylic acids is 1. The molecule has 30 heavy (non-hydrogen) atoms. The lowest BCUT2D eigenvalue weighted by molar-refractivity contribution is 0.0460. The zero-order valence-electron chi connectivity index (χ0n) is 17.1. The Kier molecular flexibility index (Phi) is 6.90. The molecule has 4 N–H and O–H groups in total. The van der Waals surface area contributed by atoms with Crippen molar-refractivity contribution >= 4 is 23.5 Å². The van der Waals surface area contributed by atoms with Gasteiger partial charge in [0, 0.05) is 28.0 Å². The molecule has 0 aromatic heterocycles. The van der Waals surface area contributed by atoms with Crippen LogP contribution in [0.1, 0.15) is 25.0 Å². The second-order valence-corrected chi connectivity index (χ2v) is 8.69. The van der Waals surface area contributed by atoms with Crippen LogP contribution < -0.4 is 16.2 Å². The molecular formula is C24H26N2O3S. The maximum atomic E-state index is 11.0.